The van der Waals surface area contributed by atoms with Crippen molar-refractivity contribution in [1.82, 2.24) is 4.90 Å². The molecular formula is C13H13NO5. The Hall–Kier alpha value is -2.21. The maximum atomic E-state index is 11.9. The lowest BCUT2D eigenvalue weighted by Crippen LogP contribution is -2.33. The summed E-state index contributed by atoms with van der Waals surface area (Å²) in [6.07, 6.45) is -0.0951. The fourth-order valence-corrected chi connectivity index (χ4v) is 1.86. The van der Waals surface area contributed by atoms with E-state index in [1.807, 2.05) is 0 Å². The summed E-state index contributed by atoms with van der Waals surface area (Å²) in [5.74, 6) is -1.61. The van der Waals surface area contributed by atoms with Crippen molar-refractivity contribution in [1.29, 1.82) is 0 Å². The first-order valence-electron chi connectivity index (χ1n) is 5.86. The minimum atomic E-state index is -0.944. The monoisotopic (exact) mass is 263 g/mol. The summed E-state index contributed by atoms with van der Waals surface area (Å²) in [6, 6.07) is 6.63. The van der Waals surface area contributed by atoms with E-state index >= 15 is 0 Å². The summed E-state index contributed by atoms with van der Waals surface area (Å²) in [5, 5.41) is 8.43. The molecule has 0 unspecified atom stereocenters. The van der Waals surface area contributed by atoms with Crippen molar-refractivity contribution in [3.63, 3.8) is 0 Å². The Balaban J connectivity index is 1.88. The summed E-state index contributed by atoms with van der Waals surface area (Å²) in [4.78, 5) is 35.3. The Kier molecular flexibility index (Phi) is 3.91. The highest BCUT2D eigenvalue weighted by Crippen LogP contribution is 2.21. The molecule has 0 spiro atoms. The molecule has 2 rings (SSSR count). The van der Waals surface area contributed by atoms with Crippen LogP contribution in [-0.2, 0) is 9.53 Å². The average molecular weight is 263 g/mol. The van der Waals surface area contributed by atoms with E-state index in [1.54, 1.807) is 24.3 Å². The molecular weight excluding hydrogens is 250 g/mol. The predicted octanol–water partition coefficient (Wildman–Crippen LogP) is 0.774. The van der Waals surface area contributed by atoms with Crippen molar-refractivity contribution in [3.05, 3.63) is 35.4 Å². The summed E-state index contributed by atoms with van der Waals surface area (Å²) in [6.45, 7) is 0.337. The van der Waals surface area contributed by atoms with Crippen LogP contribution >= 0.6 is 0 Å². The first-order valence-corrected chi connectivity index (χ1v) is 5.86. The minimum Gasteiger partial charge on any atom is -0.481 e. The van der Waals surface area contributed by atoms with Crippen LogP contribution < -0.4 is 0 Å². The van der Waals surface area contributed by atoms with Gasteiger partial charge in [-0.2, -0.15) is 0 Å². The van der Waals surface area contributed by atoms with Crippen LogP contribution in [0.5, 0.6) is 0 Å². The van der Waals surface area contributed by atoms with E-state index in [0.29, 0.717) is 11.1 Å². The first kappa shape index (κ1) is 13.2. The summed E-state index contributed by atoms with van der Waals surface area (Å²) >= 11 is 0. The zero-order valence-electron chi connectivity index (χ0n) is 10.2. The molecule has 1 heterocycles. The second-order valence-electron chi connectivity index (χ2n) is 4.06. The molecule has 1 aromatic carbocycles. The standard InChI is InChI=1S/C13H13NO5/c15-11(16)5-7-19-8-6-14-12(17)9-3-1-2-4-10(9)13(14)18/h1-4H,5-8H2,(H,15,16). The first-order chi connectivity index (χ1) is 9.11. The Labute approximate surface area is 109 Å². The number of aliphatic carboxylic acids is 1. The maximum Gasteiger partial charge on any atom is 0.305 e. The number of hydrogen-bond donors (Lipinski definition) is 1. The van der Waals surface area contributed by atoms with Gasteiger partial charge in [0.25, 0.3) is 11.8 Å². The molecule has 2 amide bonds. The fourth-order valence-electron chi connectivity index (χ4n) is 1.86. The van der Waals surface area contributed by atoms with Gasteiger partial charge in [0.2, 0.25) is 0 Å². The van der Waals surface area contributed by atoms with Crippen LogP contribution in [0.4, 0.5) is 0 Å². The molecule has 1 aromatic rings. The van der Waals surface area contributed by atoms with Crippen LogP contribution in [0.2, 0.25) is 0 Å². The van der Waals surface area contributed by atoms with Crippen LogP contribution in [0.25, 0.3) is 0 Å². The second-order valence-corrected chi connectivity index (χ2v) is 4.06. The van der Waals surface area contributed by atoms with Gasteiger partial charge in [0.05, 0.1) is 37.3 Å². The van der Waals surface area contributed by atoms with E-state index < -0.39 is 5.97 Å². The van der Waals surface area contributed by atoms with Gasteiger partial charge in [0.15, 0.2) is 0 Å². The molecule has 0 saturated heterocycles. The smallest absolute Gasteiger partial charge is 0.305 e. The van der Waals surface area contributed by atoms with E-state index in [9.17, 15) is 14.4 Å². The van der Waals surface area contributed by atoms with Crippen LogP contribution in [0.3, 0.4) is 0 Å². The number of carboxylic acids is 1. The molecule has 6 heteroatoms. The number of amides is 2. The SMILES string of the molecule is O=C(O)CCOCCN1C(=O)c2ccccc2C1=O. The number of carboxylic acid groups (broad SMARTS) is 1. The second kappa shape index (κ2) is 5.62. The van der Waals surface area contributed by atoms with Crippen molar-refractivity contribution in [2.45, 2.75) is 6.42 Å². The lowest BCUT2D eigenvalue weighted by Gasteiger charge is -2.13. The largest absolute Gasteiger partial charge is 0.481 e. The minimum absolute atomic E-state index is 0.0680. The highest BCUT2D eigenvalue weighted by atomic mass is 16.5. The third-order valence-corrected chi connectivity index (χ3v) is 2.80. The molecule has 0 aromatic heterocycles. The summed E-state index contributed by atoms with van der Waals surface area (Å²) < 4.78 is 5.07. The zero-order chi connectivity index (χ0) is 13.8. The summed E-state index contributed by atoms with van der Waals surface area (Å²) in [5.41, 5.74) is 0.802. The van der Waals surface area contributed by atoms with Crippen molar-refractivity contribution in [2.24, 2.45) is 0 Å². The van der Waals surface area contributed by atoms with Gasteiger partial charge < -0.3 is 9.84 Å². The number of imide groups is 1. The molecule has 19 heavy (non-hydrogen) atoms. The molecule has 100 valence electrons. The van der Waals surface area contributed by atoms with E-state index in [2.05, 4.69) is 0 Å². The van der Waals surface area contributed by atoms with Gasteiger partial charge in [-0.15, -0.1) is 0 Å². The molecule has 1 aliphatic rings. The third-order valence-electron chi connectivity index (χ3n) is 2.80. The van der Waals surface area contributed by atoms with Gasteiger partial charge in [-0.25, -0.2) is 0 Å². The number of carbonyl (C=O) groups is 3. The average Bonchev–Trinajstić information content (AvgIpc) is 2.63. The maximum absolute atomic E-state index is 11.9. The van der Waals surface area contributed by atoms with Crippen LogP contribution in [0, 0.1) is 0 Å². The Morgan fingerprint density at radius 2 is 1.68 bits per heavy atom. The predicted molar refractivity (Wildman–Crippen MR) is 64.9 cm³/mol. The Morgan fingerprint density at radius 3 is 2.21 bits per heavy atom. The number of fused-ring (bicyclic) bond motifs is 1. The van der Waals surface area contributed by atoms with Crippen LogP contribution in [0.1, 0.15) is 27.1 Å². The van der Waals surface area contributed by atoms with Gasteiger partial charge >= 0.3 is 5.97 Å². The molecule has 0 fully saturated rings. The van der Waals surface area contributed by atoms with Crippen LogP contribution in [0.15, 0.2) is 24.3 Å². The van der Waals surface area contributed by atoms with Gasteiger partial charge in [-0.3, -0.25) is 19.3 Å². The number of nitrogens with zero attached hydrogens (tertiary/aromatic N) is 1. The molecule has 0 atom stereocenters. The van der Waals surface area contributed by atoms with Gasteiger partial charge in [0, 0.05) is 0 Å². The zero-order valence-corrected chi connectivity index (χ0v) is 10.2. The number of carbonyl (C=O) groups excluding carboxylic acids is 2. The normalized spacial score (nSPS) is 13.8. The lowest BCUT2D eigenvalue weighted by molar-refractivity contribution is -0.138. The van der Waals surface area contributed by atoms with Crippen molar-refractivity contribution in [3.8, 4) is 0 Å². The van der Waals surface area contributed by atoms with E-state index in [1.165, 1.54) is 0 Å². The van der Waals surface area contributed by atoms with Gasteiger partial charge in [-0.1, -0.05) is 12.1 Å². The highest BCUT2D eigenvalue weighted by Gasteiger charge is 2.34. The molecule has 0 bridgehead atoms. The molecule has 0 aliphatic carbocycles. The Morgan fingerprint density at radius 1 is 1.11 bits per heavy atom. The fraction of sp³-hybridized carbons (Fsp3) is 0.308. The van der Waals surface area contributed by atoms with Gasteiger partial charge in [-0.05, 0) is 12.1 Å². The highest BCUT2D eigenvalue weighted by molar-refractivity contribution is 6.21. The molecule has 0 radical (unpaired) electrons. The number of rotatable bonds is 6. The Bertz CT molecular complexity index is 491. The number of ether oxygens (including phenoxy) is 1. The van der Waals surface area contributed by atoms with Crippen molar-refractivity contribution in [2.75, 3.05) is 19.8 Å². The topological polar surface area (TPSA) is 83.9 Å². The molecule has 1 aliphatic heterocycles. The van der Waals surface area contributed by atoms with E-state index in [4.69, 9.17) is 9.84 Å². The number of benzene rings is 1. The third kappa shape index (κ3) is 2.79. The quantitative estimate of drug-likeness (QED) is 0.605. The van der Waals surface area contributed by atoms with Crippen molar-refractivity contribution >= 4 is 17.8 Å². The van der Waals surface area contributed by atoms with E-state index in [-0.39, 0.29) is 38.0 Å². The van der Waals surface area contributed by atoms with Crippen molar-refractivity contribution < 1.29 is 24.2 Å². The molecule has 0 saturated carbocycles. The van der Waals surface area contributed by atoms with Gasteiger partial charge in [0.1, 0.15) is 0 Å². The van der Waals surface area contributed by atoms with Crippen LogP contribution in [-0.4, -0.2) is 47.5 Å². The molecule has 1 N–H and O–H groups in total. The lowest BCUT2D eigenvalue weighted by atomic mass is 10.1. The molecule has 6 nitrogen and oxygen atoms in total. The summed E-state index contributed by atoms with van der Waals surface area (Å²) in [7, 11) is 0. The number of hydrogen-bond acceptors (Lipinski definition) is 4. The van der Waals surface area contributed by atoms with E-state index in [0.717, 1.165) is 4.90 Å².